The summed E-state index contributed by atoms with van der Waals surface area (Å²) in [5.74, 6) is 0.571. The third kappa shape index (κ3) is 13.3. The van der Waals surface area contributed by atoms with Crippen molar-refractivity contribution in [2.75, 3.05) is 18.1 Å². The summed E-state index contributed by atoms with van der Waals surface area (Å²) >= 11 is 1.47. The normalized spacial score (nSPS) is 11.5. The number of guanidine groups is 1. The van der Waals surface area contributed by atoms with Gasteiger partial charge in [0, 0.05) is 13.1 Å². The highest BCUT2D eigenvalue weighted by Gasteiger charge is 2.20. The summed E-state index contributed by atoms with van der Waals surface area (Å²) in [4.78, 5) is 34.4. The summed E-state index contributed by atoms with van der Waals surface area (Å²) in [5, 5.41) is 24.6. The van der Waals surface area contributed by atoms with Crippen LogP contribution in [0.15, 0.2) is 0 Å². The van der Waals surface area contributed by atoms with Crippen molar-refractivity contribution in [2.45, 2.75) is 46.1 Å². The first-order chi connectivity index (χ1) is 12.3. The van der Waals surface area contributed by atoms with Crippen molar-refractivity contribution in [2.24, 2.45) is 5.92 Å². The molecule has 0 rings (SSSR count). The van der Waals surface area contributed by atoms with E-state index in [0.29, 0.717) is 18.8 Å². The maximum Gasteiger partial charge on any atom is 0.251 e. The van der Waals surface area contributed by atoms with Gasteiger partial charge in [-0.1, -0.05) is 26.2 Å². The third-order valence-electron chi connectivity index (χ3n) is 3.10. The Hall–Kier alpha value is -2.04. The fourth-order valence-corrected chi connectivity index (χ4v) is 2.32. The number of nitrogens with one attached hydrogen (secondary N) is 5. The first-order valence-electron chi connectivity index (χ1n) is 8.48. The van der Waals surface area contributed by atoms with Gasteiger partial charge in [0.1, 0.15) is 6.04 Å². The standard InChI is InChI=1S/C15H29N6O4S/c1-4-26-10-13(22)19-12(14(23)17-9-7-11(2)3)6-5-8-18-15(16)20-21(24)25/h9,11-12H,4-8,10H2,1-3H3,(H,17,23)(H,19,22)(H3,16,18,20)/t12-/m0/s1. The van der Waals surface area contributed by atoms with E-state index in [1.165, 1.54) is 11.8 Å². The Bertz CT molecular complexity index is 475. The van der Waals surface area contributed by atoms with Crippen LogP contribution in [0, 0.1) is 28.0 Å². The van der Waals surface area contributed by atoms with E-state index in [1.807, 2.05) is 20.8 Å². The van der Waals surface area contributed by atoms with Gasteiger partial charge < -0.3 is 16.0 Å². The SMILES string of the molecule is CCSCC(=O)N[C@@H](CCCNC(=N)N[N+](=O)[O-])C(=O)N[CH]CC(C)C. The van der Waals surface area contributed by atoms with Gasteiger partial charge in [0.2, 0.25) is 11.8 Å². The zero-order valence-corrected chi connectivity index (χ0v) is 16.3. The molecule has 5 N–H and O–H groups in total. The van der Waals surface area contributed by atoms with Gasteiger partial charge in [-0.25, -0.2) is 10.1 Å². The Morgan fingerprint density at radius 2 is 2.04 bits per heavy atom. The fourth-order valence-electron chi connectivity index (χ4n) is 1.85. The van der Waals surface area contributed by atoms with E-state index in [4.69, 9.17) is 5.41 Å². The number of carbonyl (C=O) groups excluding carboxylic acids is 2. The predicted molar refractivity (Wildman–Crippen MR) is 102 cm³/mol. The molecular formula is C15H29N6O4S. The Morgan fingerprint density at radius 3 is 2.62 bits per heavy atom. The highest BCUT2D eigenvalue weighted by Crippen LogP contribution is 2.04. The number of hydrogen-bond donors (Lipinski definition) is 5. The molecule has 10 nitrogen and oxygen atoms in total. The van der Waals surface area contributed by atoms with Gasteiger partial charge >= 0.3 is 0 Å². The molecule has 11 heteroatoms. The van der Waals surface area contributed by atoms with Crippen LogP contribution >= 0.6 is 11.8 Å². The van der Waals surface area contributed by atoms with Gasteiger partial charge in [-0.3, -0.25) is 15.0 Å². The minimum atomic E-state index is -0.832. The van der Waals surface area contributed by atoms with Crippen molar-refractivity contribution in [1.82, 2.24) is 21.4 Å². The molecular weight excluding hydrogens is 360 g/mol. The van der Waals surface area contributed by atoms with Gasteiger partial charge in [0.15, 0.2) is 5.03 Å². The van der Waals surface area contributed by atoms with Gasteiger partial charge in [0.05, 0.1) is 5.75 Å². The van der Waals surface area contributed by atoms with E-state index in [0.717, 1.165) is 12.2 Å². The first kappa shape index (κ1) is 24.0. The van der Waals surface area contributed by atoms with Gasteiger partial charge in [0.25, 0.3) is 5.96 Å². The van der Waals surface area contributed by atoms with Crippen molar-refractivity contribution < 1.29 is 14.6 Å². The third-order valence-corrected chi connectivity index (χ3v) is 3.97. The average molecular weight is 390 g/mol. The van der Waals surface area contributed by atoms with Crippen LogP contribution in [0.2, 0.25) is 0 Å². The lowest BCUT2D eigenvalue weighted by molar-refractivity contribution is -0.525. The second-order valence-corrected chi connectivity index (χ2v) is 7.19. The van der Waals surface area contributed by atoms with E-state index < -0.39 is 17.0 Å². The minimum absolute atomic E-state index is 0.211. The van der Waals surface area contributed by atoms with Crippen molar-refractivity contribution in [3.8, 4) is 0 Å². The van der Waals surface area contributed by atoms with E-state index in [9.17, 15) is 19.7 Å². The van der Waals surface area contributed by atoms with Crippen molar-refractivity contribution in [3.63, 3.8) is 0 Å². The molecule has 0 aromatic rings. The van der Waals surface area contributed by atoms with Crippen LogP contribution in [0.5, 0.6) is 0 Å². The lowest BCUT2D eigenvalue weighted by atomic mass is 10.1. The number of rotatable bonds is 13. The summed E-state index contributed by atoms with van der Waals surface area (Å²) < 4.78 is 0. The van der Waals surface area contributed by atoms with Crippen LogP contribution in [0.3, 0.4) is 0 Å². The van der Waals surface area contributed by atoms with Crippen molar-refractivity contribution in [1.29, 1.82) is 5.41 Å². The monoisotopic (exact) mass is 389 g/mol. The predicted octanol–water partition coefficient (Wildman–Crippen LogP) is 0.634. The van der Waals surface area contributed by atoms with Crippen LogP contribution in [-0.4, -0.2) is 46.9 Å². The molecule has 26 heavy (non-hydrogen) atoms. The van der Waals surface area contributed by atoms with Crippen LogP contribution in [0.4, 0.5) is 0 Å². The van der Waals surface area contributed by atoms with Crippen LogP contribution < -0.4 is 21.4 Å². The summed E-state index contributed by atoms with van der Waals surface area (Å²) in [6.45, 7) is 7.95. The number of thioether (sulfide) groups is 1. The van der Waals surface area contributed by atoms with Gasteiger partial charge in [-0.15, -0.1) is 0 Å². The average Bonchev–Trinajstić information content (AvgIpc) is 2.54. The second-order valence-electron chi connectivity index (χ2n) is 5.91. The Kier molecular flexibility index (Phi) is 13.1. The highest BCUT2D eigenvalue weighted by molar-refractivity contribution is 7.99. The number of hydrazine groups is 1. The van der Waals surface area contributed by atoms with E-state index >= 15 is 0 Å². The number of nitrogens with zero attached hydrogens (tertiary/aromatic N) is 1. The molecule has 1 radical (unpaired) electrons. The number of hydrogen-bond acceptors (Lipinski definition) is 6. The summed E-state index contributed by atoms with van der Waals surface area (Å²) in [6.07, 6.45) is 1.53. The first-order valence-corrected chi connectivity index (χ1v) is 9.64. The van der Waals surface area contributed by atoms with Crippen molar-refractivity contribution in [3.05, 3.63) is 16.7 Å². The van der Waals surface area contributed by atoms with Gasteiger partial charge in [-0.05, 0) is 30.9 Å². The molecule has 0 aromatic carbocycles. The number of carbonyl (C=O) groups is 2. The molecule has 0 bridgehead atoms. The number of amides is 2. The summed E-state index contributed by atoms with van der Waals surface area (Å²) in [7, 11) is 0. The smallest absolute Gasteiger partial charge is 0.251 e. The lowest BCUT2D eigenvalue weighted by Crippen LogP contribution is -2.47. The van der Waals surface area contributed by atoms with Crippen LogP contribution in [0.25, 0.3) is 0 Å². The molecule has 149 valence electrons. The maximum absolute atomic E-state index is 12.3. The van der Waals surface area contributed by atoms with Crippen molar-refractivity contribution >= 4 is 29.5 Å². The van der Waals surface area contributed by atoms with E-state index in [1.54, 1.807) is 12.0 Å². The quantitative estimate of drug-likeness (QED) is 0.102. The Morgan fingerprint density at radius 1 is 1.35 bits per heavy atom. The summed E-state index contributed by atoms with van der Waals surface area (Å²) in [6, 6.07) is -0.692. The zero-order valence-electron chi connectivity index (χ0n) is 15.5. The molecule has 0 saturated carbocycles. The molecule has 0 aliphatic carbocycles. The molecule has 0 spiro atoms. The molecule has 1 atom stereocenters. The minimum Gasteiger partial charge on any atom is -0.352 e. The maximum atomic E-state index is 12.3. The summed E-state index contributed by atoms with van der Waals surface area (Å²) in [5.41, 5.74) is 1.69. The second kappa shape index (κ2) is 14.2. The van der Waals surface area contributed by atoms with E-state index in [2.05, 4.69) is 16.0 Å². The lowest BCUT2D eigenvalue weighted by Gasteiger charge is -2.19. The number of nitro groups is 1. The molecule has 0 fully saturated rings. The Balaban J connectivity index is 4.42. The molecule has 0 aromatic heterocycles. The zero-order chi connectivity index (χ0) is 19.9. The van der Waals surface area contributed by atoms with Gasteiger partial charge in [-0.2, -0.15) is 11.8 Å². The largest absolute Gasteiger partial charge is 0.352 e. The molecule has 0 aliphatic rings. The molecule has 0 unspecified atom stereocenters. The molecule has 2 amide bonds. The van der Waals surface area contributed by atoms with E-state index in [-0.39, 0.29) is 24.1 Å². The molecule has 0 saturated heterocycles. The van der Waals surface area contributed by atoms with Crippen LogP contribution in [-0.2, 0) is 9.59 Å². The van der Waals surface area contributed by atoms with Crippen LogP contribution in [0.1, 0.15) is 40.0 Å². The Labute approximate surface area is 158 Å². The molecule has 0 aliphatic heterocycles. The molecule has 0 heterocycles. The fraction of sp³-hybridized carbons (Fsp3) is 0.733. The highest BCUT2D eigenvalue weighted by atomic mass is 32.2. The topological polar surface area (TPSA) is 149 Å².